The van der Waals surface area contributed by atoms with Crippen molar-refractivity contribution in [1.82, 2.24) is 4.98 Å². The summed E-state index contributed by atoms with van der Waals surface area (Å²) in [6, 6.07) is 6.83. The van der Waals surface area contributed by atoms with E-state index in [0.29, 0.717) is 17.9 Å². The molecule has 1 heterocycles. The lowest BCUT2D eigenvalue weighted by molar-refractivity contribution is -0.132. The number of hydrogen-bond acceptors (Lipinski definition) is 5. The van der Waals surface area contributed by atoms with Gasteiger partial charge in [0.1, 0.15) is 17.5 Å². The number of carbonyl (C=O) groups is 2. The molecule has 1 fully saturated rings. The zero-order chi connectivity index (χ0) is 30.2. The van der Waals surface area contributed by atoms with E-state index < -0.39 is 34.9 Å². The molecule has 1 saturated carbocycles. The second-order valence-corrected chi connectivity index (χ2v) is 11.4. The van der Waals surface area contributed by atoms with Gasteiger partial charge in [-0.05, 0) is 56.4 Å². The molecule has 0 spiro atoms. The molecule has 0 radical (unpaired) electrons. The van der Waals surface area contributed by atoms with Crippen LogP contribution in [0.2, 0.25) is 0 Å². The van der Waals surface area contributed by atoms with Gasteiger partial charge in [0.15, 0.2) is 5.13 Å². The second-order valence-electron chi connectivity index (χ2n) is 10.6. The number of aromatic nitrogens is 1. The van der Waals surface area contributed by atoms with Crippen molar-refractivity contribution in [2.75, 3.05) is 11.9 Å². The number of anilines is 1. The molecular formula is C32H35F3N2O4S. The van der Waals surface area contributed by atoms with Crippen LogP contribution in [0.25, 0.3) is 17.3 Å². The summed E-state index contributed by atoms with van der Waals surface area (Å²) in [5.41, 5.74) is -0.0125. The summed E-state index contributed by atoms with van der Waals surface area (Å²) in [5, 5.41) is 13.2. The van der Waals surface area contributed by atoms with Crippen LogP contribution >= 0.6 is 11.3 Å². The van der Waals surface area contributed by atoms with Crippen LogP contribution in [0.3, 0.4) is 0 Å². The lowest BCUT2D eigenvalue weighted by atomic mass is 9.82. The number of unbranched alkanes of at least 4 members (excludes halogenated alkanes) is 2. The lowest BCUT2D eigenvalue weighted by Crippen LogP contribution is -2.21. The largest absolute Gasteiger partial charge is 0.478 e. The fraction of sp³-hybridized carbons (Fsp3) is 0.406. The summed E-state index contributed by atoms with van der Waals surface area (Å²) in [7, 11) is 0. The van der Waals surface area contributed by atoms with Crippen molar-refractivity contribution in [2.45, 2.75) is 71.3 Å². The zero-order valence-corrected chi connectivity index (χ0v) is 24.5. The molecule has 1 aromatic heterocycles. The van der Waals surface area contributed by atoms with Crippen LogP contribution in [0.4, 0.5) is 18.3 Å². The van der Waals surface area contributed by atoms with Gasteiger partial charge in [-0.15, -0.1) is 11.3 Å². The van der Waals surface area contributed by atoms with E-state index in [4.69, 9.17) is 9.84 Å². The molecule has 0 aliphatic heterocycles. The molecule has 224 valence electrons. The van der Waals surface area contributed by atoms with Crippen LogP contribution < -0.4 is 5.32 Å². The van der Waals surface area contributed by atoms with Gasteiger partial charge in [0.25, 0.3) is 5.91 Å². The molecule has 1 aliphatic carbocycles. The quantitative estimate of drug-likeness (QED) is 0.160. The first kappa shape index (κ1) is 31.4. The number of carboxylic acid groups (broad SMARTS) is 1. The molecule has 42 heavy (non-hydrogen) atoms. The van der Waals surface area contributed by atoms with Crippen LogP contribution in [-0.2, 0) is 9.53 Å². The number of halogens is 3. The molecule has 2 aromatic carbocycles. The van der Waals surface area contributed by atoms with Gasteiger partial charge in [0, 0.05) is 39.8 Å². The van der Waals surface area contributed by atoms with Gasteiger partial charge in [0.05, 0.1) is 11.8 Å². The van der Waals surface area contributed by atoms with Gasteiger partial charge in [-0.2, -0.15) is 0 Å². The molecule has 10 heteroatoms. The van der Waals surface area contributed by atoms with Gasteiger partial charge in [-0.1, -0.05) is 51.2 Å². The summed E-state index contributed by atoms with van der Waals surface area (Å²) in [5.74, 6) is -4.46. The normalized spacial score (nSPS) is 15.0. The van der Waals surface area contributed by atoms with Crippen molar-refractivity contribution >= 4 is 34.4 Å². The van der Waals surface area contributed by atoms with Crippen molar-refractivity contribution in [3.05, 3.63) is 75.4 Å². The first-order chi connectivity index (χ1) is 20.2. The standard InChI is InChI=1S/C32H35F3N2O4S/c1-3-4-8-14-41-29(20-10-6-5-7-11-20)23-13-9-12-22(28(23)35)27-18-42-32(36-27)37-30(38)21-16-25(33)24(26(34)17-21)15-19(2)31(39)40/h9,12-13,15-18,20,29H,3-8,10-11,14H2,1-2H3,(H,39,40)(H,36,37,38). The highest BCUT2D eigenvalue weighted by atomic mass is 32.1. The Kier molecular flexibility index (Phi) is 10.9. The first-order valence-corrected chi connectivity index (χ1v) is 15.2. The Balaban J connectivity index is 1.54. The third kappa shape index (κ3) is 7.66. The molecule has 0 saturated heterocycles. The number of hydrogen-bond donors (Lipinski definition) is 2. The average Bonchev–Trinajstić information content (AvgIpc) is 3.43. The van der Waals surface area contributed by atoms with Crippen LogP contribution in [0.1, 0.15) is 92.8 Å². The second kappa shape index (κ2) is 14.6. The van der Waals surface area contributed by atoms with E-state index in [9.17, 15) is 18.4 Å². The van der Waals surface area contributed by atoms with Crippen LogP contribution in [0.15, 0.2) is 41.3 Å². The highest BCUT2D eigenvalue weighted by Gasteiger charge is 2.29. The Morgan fingerprint density at radius 3 is 2.52 bits per heavy atom. The molecule has 6 nitrogen and oxygen atoms in total. The molecular weight excluding hydrogens is 565 g/mol. The Morgan fingerprint density at radius 1 is 1.14 bits per heavy atom. The van der Waals surface area contributed by atoms with Gasteiger partial charge >= 0.3 is 5.97 Å². The average molecular weight is 601 g/mol. The predicted octanol–water partition coefficient (Wildman–Crippen LogP) is 8.80. The van der Waals surface area contributed by atoms with E-state index in [0.717, 1.165) is 74.5 Å². The third-order valence-corrected chi connectivity index (χ3v) is 8.26. The minimum absolute atomic E-state index is 0.131. The number of aliphatic carboxylic acids is 1. The summed E-state index contributed by atoms with van der Waals surface area (Å²) in [6.45, 7) is 3.91. The van der Waals surface area contributed by atoms with E-state index in [-0.39, 0.29) is 33.9 Å². The Morgan fingerprint density at radius 2 is 1.86 bits per heavy atom. The molecule has 4 rings (SSSR count). The molecule has 1 aliphatic rings. The van der Waals surface area contributed by atoms with Gasteiger partial charge in [0.2, 0.25) is 0 Å². The fourth-order valence-electron chi connectivity index (χ4n) is 5.20. The van der Waals surface area contributed by atoms with Crippen molar-refractivity contribution < 1.29 is 32.6 Å². The van der Waals surface area contributed by atoms with Crippen LogP contribution in [0, 0.1) is 23.4 Å². The number of carboxylic acids is 1. The molecule has 1 atom stereocenters. The number of nitrogens with one attached hydrogen (secondary N) is 1. The minimum atomic E-state index is -1.32. The number of benzene rings is 2. The summed E-state index contributed by atoms with van der Waals surface area (Å²) < 4.78 is 51.4. The zero-order valence-electron chi connectivity index (χ0n) is 23.7. The first-order valence-electron chi connectivity index (χ1n) is 14.3. The highest BCUT2D eigenvalue weighted by molar-refractivity contribution is 7.14. The topological polar surface area (TPSA) is 88.5 Å². The molecule has 0 bridgehead atoms. The van der Waals surface area contributed by atoms with Crippen molar-refractivity contribution in [3.63, 3.8) is 0 Å². The predicted molar refractivity (Wildman–Crippen MR) is 158 cm³/mol. The Bertz CT molecular complexity index is 1430. The summed E-state index contributed by atoms with van der Waals surface area (Å²) in [4.78, 5) is 28.1. The van der Waals surface area contributed by atoms with Crippen LogP contribution in [0.5, 0.6) is 0 Å². The summed E-state index contributed by atoms with van der Waals surface area (Å²) >= 11 is 1.06. The molecule has 1 unspecified atom stereocenters. The van der Waals surface area contributed by atoms with E-state index in [2.05, 4.69) is 17.2 Å². The lowest BCUT2D eigenvalue weighted by Gasteiger charge is -2.31. The minimum Gasteiger partial charge on any atom is -0.478 e. The number of amides is 1. The van der Waals surface area contributed by atoms with Crippen LogP contribution in [-0.4, -0.2) is 28.6 Å². The van der Waals surface area contributed by atoms with Gasteiger partial charge in [-0.3, -0.25) is 10.1 Å². The maximum atomic E-state index is 16.0. The van der Waals surface area contributed by atoms with Crippen molar-refractivity contribution in [2.24, 2.45) is 5.92 Å². The highest BCUT2D eigenvalue weighted by Crippen LogP contribution is 2.40. The van der Waals surface area contributed by atoms with Gasteiger partial charge in [-0.25, -0.2) is 22.9 Å². The van der Waals surface area contributed by atoms with E-state index in [1.54, 1.807) is 23.6 Å². The fourth-order valence-corrected chi connectivity index (χ4v) is 5.91. The van der Waals surface area contributed by atoms with Crippen molar-refractivity contribution in [1.29, 1.82) is 0 Å². The van der Waals surface area contributed by atoms with Crippen molar-refractivity contribution in [3.8, 4) is 11.3 Å². The maximum Gasteiger partial charge on any atom is 0.331 e. The Labute approximate surface area is 247 Å². The number of carbonyl (C=O) groups excluding carboxylic acids is 1. The SMILES string of the molecule is CCCCCOC(c1cccc(-c2csc(NC(=O)c3cc(F)c(C=C(C)C(=O)O)c(F)c3)n2)c1F)C1CCCCC1. The molecule has 1 amide bonds. The smallest absolute Gasteiger partial charge is 0.331 e. The third-order valence-electron chi connectivity index (χ3n) is 7.50. The number of rotatable bonds is 12. The number of ether oxygens (including phenoxy) is 1. The Hall–Kier alpha value is -3.50. The number of nitrogens with zero attached hydrogens (tertiary/aromatic N) is 1. The van der Waals surface area contributed by atoms with E-state index in [1.807, 2.05) is 0 Å². The number of thiazole rings is 1. The molecule has 2 N–H and O–H groups in total. The maximum absolute atomic E-state index is 16.0. The molecule has 3 aromatic rings. The monoisotopic (exact) mass is 600 g/mol. The van der Waals surface area contributed by atoms with E-state index >= 15 is 4.39 Å². The van der Waals surface area contributed by atoms with Gasteiger partial charge < -0.3 is 9.84 Å². The van der Waals surface area contributed by atoms with E-state index in [1.165, 1.54) is 13.3 Å². The summed E-state index contributed by atoms with van der Waals surface area (Å²) in [6.07, 6.45) is 8.93.